The van der Waals surface area contributed by atoms with Gasteiger partial charge in [0.2, 0.25) is 0 Å². The Morgan fingerprint density at radius 3 is 2.74 bits per heavy atom. The van der Waals surface area contributed by atoms with Gasteiger partial charge in [-0.05, 0) is 19.1 Å². The number of amides is 1. The van der Waals surface area contributed by atoms with Crippen molar-refractivity contribution in [3.8, 4) is 10.7 Å². The second kappa shape index (κ2) is 7.16. The van der Waals surface area contributed by atoms with Gasteiger partial charge in [0.05, 0.1) is 18.0 Å². The molecule has 0 aliphatic carbocycles. The highest BCUT2D eigenvalue weighted by Gasteiger charge is 2.24. The minimum Gasteiger partial charge on any atom is -0.392 e. The Bertz CT molecular complexity index is 651. The summed E-state index contributed by atoms with van der Waals surface area (Å²) in [6, 6.07) is 5.66. The summed E-state index contributed by atoms with van der Waals surface area (Å²) in [5.74, 6) is 0.0291. The fraction of sp³-hybridized carbons (Fsp3) is 0.438. The van der Waals surface area contributed by atoms with Crippen LogP contribution in [-0.2, 0) is 0 Å². The molecule has 1 atom stereocenters. The molecule has 1 N–H and O–H groups in total. The van der Waals surface area contributed by atoms with Gasteiger partial charge in [0.25, 0.3) is 5.91 Å². The van der Waals surface area contributed by atoms with Crippen molar-refractivity contribution in [3.05, 3.63) is 35.5 Å². The number of β-amino-alcohol motifs (C(OH)–C–C–N with tert-alkyl or cyclic N) is 1. The first-order valence-corrected chi connectivity index (χ1v) is 8.52. The maximum Gasteiger partial charge on any atom is 0.265 e. The molecule has 6 nitrogen and oxygen atoms in total. The summed E-state index contributed by atoms with van der Waals surface area (Å²) in [6.07, 6.45) is 3.03. The predicted molar refractivity (Wildman–Crippen MR) is 89.4 cm³/mol. The van der Waals surface area contributed by atoms with Crippen LogP contribution in [-0.4, -0.2) is 69.6 Å². The lowest BCUT2D eigenvalue weighted by Gasteiger charge is -2.34. The Hall–Kier alpha value is -1.83. The van der Waals surface area contributed by atoms with Crippen LogP contribution in [0, 0.1) is 0 Å². The molecule has 1 fully saturated rings. The van der Waals surface area contributed by atoms with Crippen molar-refractivity contribution in [3.63, 3.8) is 0 Å². The predicted octanol–water partition coefficient (Wildman–Crippen LogP) is 1.34. The Balaban J connectivity index is 1.62. The van der Waals surface area contributed by atoms with Crippen LogP contribution < -0.4 is 0 Å². The zero-order chi connectivity index (χ0) is 16.2. The molecular formula is C16H20N4O2S. The average molecular weight is 332 g/mol. The molecule has 3 heterocycles. The van der Waals surface area contributed by atoms with Gasteiger partial charge in [-0.15, -0.1) is 11.3 Å². The number of aliphatic hydroxyl groups excluding tert-OH is 1. The molecule has 3 rings (SSSR count). The molecule has 2 aromatic heterocycles. The molecule has 0 radical (unpaired) electrons. The molecule has 0 unspecified atom stereocenters. The minimum atomic E-state index is -0.334. The van der Waals surface area contributed by atoms with Crippen molar-refractivity contribution in [1.82, 2.24) is 19.8 Å². The molecular weight excluding hydrogens is 312 g/mol. The maximum absolute atomic E-state index is 12.6. The van der Waals surface area contributed by atoms with Gasteiger partial charge in [0.1, 0.15) is 9.88 Å². The summed E-state index contributed by atoms with van der Waals surface area (Å²) >= 11 is 1.38. The molecule has 1 aliphatic rings. The van der Waals surface area contributed by atoms with Gasteiger partial charge in [-0.1, -0.05) is 6.07 Å². The molecule has 122 valence electrons. The number of thiazole rings is 1. The van der Waals surface area contributed by atoms with E-state index in [4.69, 9.17) is 0 Å². The standard InChI is InChI=1S/C16H20N4O2S/c1-12(21)11-19-6-8-20(9-7-19)16(22)14-10-18-15(23-14)13-4-2-3-5-17-13/h2-5,10,12,21H,6-9,11H2,1H3/t12-/m0/s1. The highest BCUT2D eigenvalue weighted by molar-refractivity contribution is 7.16. The van der Waals surface area contributed by atoms with Crippen LogP contribution in [0.15, 0.2) is 30.6 Å². The van der Waals surface area contributed by atoms with Crippen LogP contribution in [0.4, 0.5) is 0 Å². The van der Waals surface area contributed by atoms with Crippen molar-refractivity contribution in [1.29, 1.82) is 0 Å². The normalized spacial score (nSPS) is 17.2. The summed E-state index contributed by atoms with van der Waals surface area (Å²) in [5, 5.41) is 10.2. The van der Waals surface area contributed by atoms with E-state index >= 15 is 0 Å². The molecule has 1 amide bonds. The Labute approximate surface area is 139 Å². The van der Waals surface area contributed by atoms with Crippen LogP contribution in [0.3, 0.4) is 0 Å². The van der Waals surface area contributed by atoms with Gasteiger partial charge >= 0.3 is 0 Å². The van der Waals surface area contributed by atoms with E-state index in [1.54, 1.807) is 19.3 Å². The van der Waals surface area contributed by atoms with Crippen molar-refractivity contribution in [2.75, 3.05) is 32.7 Å². The molecule has 0 bridgehead atoms. The first-order valence-electron chi connectivity index (χ1n) is 7.70. The van der Waals surface area contributed by atoms with Gasteiger partial charge < -0.3 is 10.0 Å². The number of carbonyl (C=O) groups excluding carboxylic acids is 1. The number of hydrogen-bond donors (Lipinski definition) is 1. The van der Waals surface area contributed by atoms with E-state index in [0.29, 0.717) is 24.5 Å². The summed E-state index contributed by atoms with van der Waals surface area (Å²) < 4.78 is 0. The second-order valence-corrected chi connectivity index (χ2v) is 6.72. The maximum atomic E-state index is 12.6. The number of nitrogens with zero attached hydrogens (tertiary/aromatic N) is 4. The van der Waals surface area contributed by atoms with Gasteiger partial charge in [-0.25, -0.2) is 4.98 Å². The molecule has 1 aliphatic heterocycles. The van der Waals surface area contributed by atoms with Crippen molar-refractivity contribution in [2.24, 2.45) is 0 Å². The molecule has 0 aromatic carbocycles. The van der Waals surface area contributed by atoms with E-state index in [2.05, 4.69) is 14.9 Å². The van der Waals surface area contributed by atoms with Gasteiger partial charge in [0.15, 0.2) is 0 Å². The van der Waals surface area contributed by atoms with Crippen LogP contribution >= 0.6 is 11.3 Å². The van der Waals surface area contributed by atoms with Crippen LogP contribution in [0.5, 0.6) is 0 Å². The topological polar surface area (TPSA) is 69.6 Å². The average Bonchev–Trinajstić information content (AvgIpc) is 3.05. The SMILES string of the molecule is C[C@H](O)CN1CCN(C(=O)c2cnc(-c3ccccn3)s2)CC1. The lowest BCUT2D eigenvalue weighted by Crippen LogP contribution is -2.50. The largest absolute Gasteiger partial charge is 0.392 e. The number of rotatable bonds is 4. The summed E-state index contributed by atoms with van der Waals surface area (Å²) in [7, 11) is 0. The number of hydrogen-bond acceptors (Lipinski definition) is 6. The van der Waals surface area contributed by atoms with Gasteiger partial charge in [-0.3, -0.25) is 14.7 Å². The zero-order valence-electron chi connectivity index (χ0n) is 13.1. The molecule has 23 heavy (non-hydrogen) atoms. The van der Waals surface area contributed by atoms with Gasteiger partial charge in [-0.2, -0.15) is 0 Å². The van der Waals surface area contributed by atoms with Crippen LogP contribution in [0.2, 0.25) is 0 Å². The van der Waals surface area contributed by atoms with E-state index in [-0.39, 0.29) is 12.0 Å². The Morgan fingerprint density at radius 2 is 2.09 bits per heavy atom. The van der Waals surface area contributed by atoms with Crippen molar-refractivity contribution >= 4 is 17.2 Å². The smallest absolute Gasteiger partial charge is 0.265 e. The van der Waals surface area contributed by atoms with E-state index in [0.717, 1.165) is 23.8 Å². The molecule has 2 aromatic rings. The van der Waals surface area contributed by atoms with Crippen LogP contribution in [0.1, 0.15) is 16.6 Å². The Kier molecular flexibility index (Phi) is 5.00. The van der Waals surface area contributed by atoms with E-state index in [9.17, 15) is 9.90 Å². The third-order valence-electron chi connectivity index (χ3n) is 3.78. The summed E-state index contributed by atoms with van der Waals surface area (Å²) in [6.45, 7) is 5.40. The lowest BCUT2D eigenvalue weighted by molar-refractivity contribution is 0.0558. The first-order chi connectivity index (χ1) is 11.1. The fourth-order valence-electron chi connectivity index (χ4n) is 2.64. The molecule has 7 heteroatoms. The van der Waals surface area contributed by atoms with Crippen molar-refractivity contribution in [2.45, 2.75) is 13.0 Å². The highest BCUT2D eigenvalue weighted by atomic mass is 32.1. The lowest BCUT2D eigenvalue weighted by atomic mass is 10.2. The summed E-state index contributed by atoms with van der Waals surface area (Å²) in [5.41, 5.74) is 0.790. The number of pyridine rings is 1. The van der Waals surface area contributed by atoms with E-state index in [1.807, 2.05) is 23.1 Å². The number of carbonyl (C=O) groups is 1. The van der Waals surface area contributed by atoms with Gasteiger partial charge in [0, 0.05) is 38.9 Å². The summed E-state index contributed by atoms with van der Waals surface area (Å²) in [4.78, 5) is 25.9. The number of piperazine rings is 1. The van der Waals surface area contributed by atoms with E-state index < -0.39 is 0 Å². The van der Waals surface area contributed by atoms with Crippen molar-refractivity contribution < 1.29 is 9.90 Å². The quantitative estimate of drug-likeness (QED) is 0.915. The fourth-order valence-corrected chi connectivity index (χ4v) is 3.50. The second-order valence-electron chi connectivity index (χ2n) is 5.69. The zero-order valence-corrected chi connectivity index (χ0v) is 13.9. The molecule has 0 spiro atoms. The monoisotopic (exact) mass is 332 g/mol. The number of aromatic nitrogens is 2. The minimum absolute atomic E-state index is 0.0291. The van der Waals surface area contributed by atoms with E-state index in [1.165, 1.54) is 11.3 Å². The Morgan fingerprint density at radius 1 is 1.30 bits per heavy atom. The first kappa shape index (κ1) is 16.0. The molecule has 0 saturated carbocycles. The van der Waals surface area contributed by atoms with Crippen LogP contribution in [0.25, 0.3) is 10.7 Å². The highest BCUT2D eigenvalue weighted by Crippen LogP contribution is 2.24. The molecule has 1 saturated heterocycles. The third kappa shape index (κ3) is 3.93. The number of aliphatic hydroxyl groups is 1. The third-order valence-corrected chi connectivity index (χ3v) is 4.79.